The largest absolute Gasteiger partial charge is 0.374 e. The van der Waals surface area contributed by atoms with Crippen LogP contribution in [0, 0.1) is 27.7 Å². The zero-order chi connectivity index (χ0) is 14.7. The summed E-state index contributed by atoms with van der Waals surface area (Å²) in [6.45, 7) is 1.87. The van der Waals surface area contributed by atoms with Gasteiger partial charge in [0.25, 0.3) is 5.69 Å². The van der Waals surface area contributed by atoms with E-state index in [0.717, 1.165) is 37.8 Å². The summed E-state index contributed by atoms with van der Waals surface area (Å²) in [5, 5.41) is 13.7. The first-order valence-corrected chi connectivity index (χ1v) is 6.89. The highest BCUT2D eigenvalue weighted by molar-refractivity contribution is 5.63. The van der Waals surface area contributed by atoms with Crippen LogP contribution in [0.3, 0.4) is 0 Å². The molecule has 0 amide bonds. The van der Waals surface area contributed by atoms with E-state index < -0.39 is 22.2 Å². The van der Waals surface area contributed by atoms with Gasteiger partial charge in [0.2, 0.25) is 0 Å². The van der Waals surface area contributed by atoms with E-state index in [9.17, 15) is 18.9 Å². The lowest BCUT2D eigenvalue weighted by Crippen LogP contribution is -2.28. The lowest BCUT2D eigenvalue weighted by molar-refractivity contribution is -0.384. The summed E-state index contributed by atoms with van der Waals surface area (Å²) in [6, 6.07) is 1.66. The number of nitro groups is 1. The van der Waals surface area contributed by atoms with Gasteiger partial charge in [-0.25, -0.2) is 8.78 Å². The second-order valence-electron chi connectivity index (χ2n) is 5.34. The predicted molar refractivity (Wildman–Crippen MR) is 72.7 cm³/mol. The Balaban J connectivity index is 2.22. The first kappa shape index (κ1) is 14.7. The van der Waals surface area contributed by atoms with Crippen molar-refractivity contribution >= 4 is 11.4 Å². The quantitative estimate of drug-likeness (QED) is 0.664. The molecule has 1 aromatic rings. The molecule has 1 aliphatic carbocycles. The van der Waals surface area contributed by atoms with Gasteiger partial charge in [-0.1, -0.05) is 19.3 Å². The van der Waals surface area contributed by atoms with Crippen molar-refractivity contribution in [3.8, 4) is 0 Å². The van der Waals surface area contributed by atoms with E-state index in [0.29, 0.717) is 5.92 Å². The molecule has 4 nitrogen and oxygen atoms in total. The molecular formula is C14H18F2N2O2. The van der Waals surface area contributed by atoms with E-state index >= 15 is 0 Å². The molecule has 1 saturated carbocycles. The van der Waals surface area contributed by atoms with Crippen LogP contribution in [0.4, 0.5) is 20.2 Å². The summed E-state index contributed by atoms with van der Waals surface area (Å²) in [6.07, 6.45) is 5.45. The Kier molecular flexibility index (Phi) is 4.52. The van der Waals surface area contributed by atoms with Crippen LogP contribution in [-0.4, -0.2) is 11.0 Å². The first-order valence-electron chi connectivity index (χ1n) is 6.89. The molecule has 0 radical (unpaired) electrons. The zero-order valence-corrected chi connectivity index (χ0v) is 11.4. The number of anilines is 1. The van der Waals surface area contributed by atoms with E-state index in [-0.39, 0.29) is 11.7 Å². The van der Waals surface area contributed by atoms with E-state index in [1.807, 2.05) is 6.92 Å². The van der Waals surface area contributed by atoms with Crippen LogP contribution in [0.1, 0.15) is 39.0 Å². The summed E-state index contributed by atoms with van der Waals surface area (Å²) in [4.78, 5) is 10.2. The minimum atomic E-state index is -1.18. The summed E-state index contributed by atoms with van der Waals surface area (Å²) >= 11 is 0. The van der Waals surface area contributed by atoms with Crippen molar-refractivity contribution in [2.75, 3.05) is 5.32 Å². The Morgan fingerprint density at radius 2 is 1.95 bits per heavy atom. The van der Waals surface area contributed by atoms with Crippen LogP contribution in [-0.2, 0) is 0 Å². The molecule has 1 unspecified atom stereocenters. The maximum Gasteiger partial charge on any atom is 0.295 e. The second-order valence-corrected chi connectivity index (χ2v) is 5.34. The van der Waals surface area contributed by atoms with Gasteiger partial charge in [0.05, 0.1) is 4.92 Å². The molecule has 2 rings (SSSR count). The molecule has 0 saturated heterocycles. The van der Waals surface area contributed by atoms with Gasteiger partial charge in [0.1, 0.15) is 0 Å². The molecular weight excluding hydrogens is 266 g/mol. The third-order valence-electron chi connectivity index (χ3n) is 4.00. The fourth-order valence-electron chi connectivity index (χ4n) is 2.81. The lowest BCUT2D eigenvalue weighted by atomic mass is 9.84. The van der Waals surface area contributed by atoms with Crippen molar-refractivity contribution in [1.82, 2.24) is 0 Å². The number of nitro benzene ring substituents is 1. The fourth-order valence-corrected chi connectivity index (χ4v) is 2.81. The van der Waals surface area contributed by atoms with Crippen LogP contribution in [0.2, 0.25) is 0 Å². The maximum absolute atomic E-state index is 13.8. The van der Waals surface area contributed by atoms with Crippen LogP contribution >= 0.6 is 0 Å². The Hall–Kier alpha value is -1.72. The van der Waals surface area contributed by atoms with Gasteiger partial charge < -0.3 is 5.32 Å². The van der Waals surface area contributed by atoms with Crippen molar-refractivity contribution in [2.45, 2.75) is 45.1 Å². The van der Waals surface area contributed by atoms with Crippen molar-refractivity contribution < 1.29 is 13.7 Å². The number of hydrogen-bond acceptors (Lipinski definition) is 3. The molecule has 0 bridgehead atoms. The summed E-state index contributed by atoms with van der Waals surface area (Å²) in [5.74, 6) is -1.91. The van der Waals surface area contributed by atoms with Gasteiger partial charge in [-0.05, 0) is 31.7 Å². The lowest BCUT2D eigenvalue weighted by Gasteiger charge is -2.29. The Morgan fingerprint density at radius 1 is 1.30 bits per heavy atom. The molecule has 1 aromatic carbocycles. The first-order chi connectivity index (χ1) is 9.50. The van der Waals surface area contributed by atoms with Crippen LogP contribution < -0.4 is 5.32 Å². The topological polar surface area (TPSA) is 55.2 Å². The summed E-state index contributed by atoms with van der Waals surface area (Å²) in [5.41, 5.74) is -0.764. The Morgan fingerprint density at radius 3 is 2.55 bits per heavy atom. The maximum atomic E-state index is 13.8. The average Bonchev–Trinajstić information content (AvgIpc) is 2.44. The molecule has 0 heterocycles. The highest BCUT2D eigenvalue weighted by Crippen LogP contribution is 2.33. The number of hydrogen-bond donors (Lipinski definition) is 1. The van der Waals surface area contributed by atoms with Crippen LogP contribution in [0.15, 0.2) is 12.1 Å². The molecule has 1 aliphatic rings. The van der Waals surface area contributed by atoms with Crippen molar-refractivity contribution in [3.63, 3.8) is 0 Å². The number of nitrogens with one attached hydrogen (secondary N) is 1. The summed E-state index contributed by atoms with van der Waals surface area (Å²) in [7, 11) is 0. The Bertz CT molecular complexity index is 502. The molecule has 1 fully saturated rings. The number of rotatable bonds is 4. The molecule has 6 heteroatoms. The van der Waals surface area contributed by atoms with Gasteiger partial charge in [0, 0.05) is 12.1 Å². The second kappa shape index (κ2) is 6.15. The SMILES string of the molecule is CC(Nc1c([N+](=O)[O-])ccc(F)c1F)C1CCCCC1. The van der Waals surface area contributed by atoms with E-state index in [1.54, 1.807) is 0 Å². The van der Waals surface area contributed by atoms with E-state index in [4.69, 9.17) is 0 Å². The number of nitrogens with zero attached hydrogens (tertiary/aromatic N) is 1. The monoisotopic (exact) mass is 284 g/mol. The molecule has 1 atom stereocenters. The minimum absolute atomic E-state index is 0.120. The number of halogens is 2. The molecule has 110 valence electrons. The van der Waals surface area contributed by atoms with Gasteiger partial charge in [-0.2, -0.15) is 0 Å². The average molecular weight is 284 g/mol. The van der Waals surface area contributed by atoms with Gasteiger partial charge >= 0.3 is 0 Å². The molecule has 0 aromatic heterocycles. The van der Waals surface area contributed by atoms with Crippen molar-refractivity contribution in [2.24, 2.45) is 5.92 Å². The van der Waals surface area contributed by atoms with Crippen molar-refractivity contribution in [1.29, 1.82) is 0 Å². The van der Waals surface area contributed by atoms with Gasteiger partial charge in [0.15, 0.2) is 17.3 Å². The van der Waals surface area contributed by atoms with E-state index in [2.05, 4.69) is 5.32 Å². The highest BCUT2D eigenvalue weighted by Gasteiger charge is 2.26. The molecule has 0 spiro atoms. The molecule has 0 aliphatic heterocycles. The van der Waals surface area contributed by atoms with Gasteiger partial charge in [-0.3, -0.25) is 10.1 Å². The predicted octanol–water partition coefficient (Wildman–Crippen LogP) is 4.25. The van der Waals surface area contributed by atoms with Crippen LogP contribution in [0.25, 0.3) is 0 Å². The smallest absolute Gasteiger partial charge is 0.295 e. The van der Waals surface area contributed by atoms with Gasteiger partial charge in [-0.15, -0.1) is 0 Å². The fraction of sp³-hybridized carbons (Fsp3) is 0.571. The Labute approximate surface area is 116 Å². The molecule has 20 heavy (non-hydrogen) atoms. The van der Waals surface area contributed by atoms with E-state index in [1.165, 1.54) is 6.42 Å². The minimum Gasteiger partial charge on any atom is -0.374 e. The van der Waals surface area contributed by atoms with Crippen molar-refractivity contribution in [3.05, 3.63) is 33.9 Å². The third kappa shape index (κ3) is 3.05. The number of benzene rings is 1. The highest BCUT2D eigenvalue weighted by atomic mass is 19.2. The third-order valence-corrected chi connectivity index (χ3v) is 4.00. The normalized spacial score (nSPS) is 17.8. The zero-order valence-electron chi connectivity index (χ0n) is 11.4. The molecule has 1 N–H and O–H groups in total. The standard InChI is InChI=1S/C14H18F2N2O2/c1-9(10-5-3-2-4-6-10)17-14-12(18(19)20)8-7-11(15)13(14)16/h7-10,17H,2-6H2,1H3. The summed E-state index contributed by atoms with van der Waals surface area (Å²) < 4.78 is 27.1. The van der Waals surface area contributed by atoms with Crippen LogP contribution in [0.5, 0.6) is 0 Å².